The fourth-order valence-corrected chi connectivity index (χ4v) is 4.20. The van der Waals surface area contributed by atoms with E-state index in [1.807, 2.05) is 45.0 Å². The Labute approximate surface area is 172 Å². The summed E-state index contributed by atoms with van der Waals surface area (Å²) < 4.78 is 7.32. The highest BCUT2D eigenvalue weighted by molar-refractivity contribution is 7.99. The number of carbonyl (C=O) groups is 1. The first-order chi connectivity index (χ1) is 13.9. The van der Waals surface area contributed by atoms with Crippen molar-refractivity contribution < 1.29 is 9.53 Å². The first-order valence-electron chi connectivity index (χ1n) is 9.52. The highest BCUT2D eigenvalue weighted by atomic mass is 32.2. The third-order valence-electron chi connectivity index (χ3n) is 4.80. The minimum Gasteiger partial charge on any atom is -0.372 e. The van der Waals surface area contributed by atoms with Gasteiger partial charge in [0.25, 0.3) is 5.56 Å². The Morgan fingerprint density at radius 3 is 2.62 bits per heavy atom. The van der Waals surface area contributed by atoms with Crippen LogP contribution in [0.15, 0.2) is 40.4 Å². The first-order valence-corrected chi connectivity index (χ1v) is 10.5. The van der Waals surface area contributed by atoms with Crippen LogP contribution >= 0.6 is 11.8 Å². The van der Waals surface area contributed by atoms with Gasteiger partial charge in [0.05, 0.1) is 29.8 Å². The van der Waals surface area contributed by atoms with Gasteiger partial charge in [-0.1, -0.05) is 29.5 Å². The molecule has 1 aliphatic rings. The van der Waals surface area contributed by atoms with Crippen molar-refractivity contribution >= 4 is 28.7 Å². The number of aromatic amines is 1. The van der Waals surface area contributed by atoms with E-state index in [2.05, 4.69) is 15.1 Å². The van der Waals surface area contributed by atoms with Gasteiger partial charge in [-0.25, -0.2) is 9.67 Å². The van der Waals surface area contributed by atoms with Crippen LogP contribution in [0.3, 0.4) is 0 Å². The molecule has 1 aromatic carbocycles. The van der Waals surface area contributed by atoms with Gasteiger partial charge in [-0.2, -0.15) is 5.10 Å². The number of aryl methyl sites for hydroxylation is 1. The lowest BCUT2D eigenvalue weighted by Gasteiger charge is -2.35. The van der Waals surface area contributed by atoms with Crippen LogP contribution in [0.5, 0.6) is 0 Å². The van der Waals surface area contributed by atoms with Crippen molar-refractivity contribution in [3.05, 3.63) is 46.4 Å². The molecule has 3 heterocycles. The number of hydrogen-bond donors (Lipinski definition) is 1. The van der Waals surface area contributed by atoms with Gasteiger partial charge in [0.2, 0.25) is 5.91 Å². The molecule has 4 rings (SSSR count). The van der Waals surface area contributed by atoms with E-state index < -0.39 is 0 Å². The predicted octanol–water partition coefficient (Wildman–Crippen LogP) is 2.15. The van der Waals surface area contributed by atoms with E-state index in [-0.39, 0.29) is 29.4 Å². The summed E-state index contributed by atoms with van der Waals surface area (Å²) in [5.74, 6) is 0.207. The van der Waals surface area contributed by atoms with Crippen LogP contribution in [0.4, 0.5) is 0 Å². The summed E-state index contributed by atoms with van der Waals surface area (Å²) in [4.78, 5) is 34.2. The summed E-state index contributed by atoms with van der Waals surface area (Å²) in [6.07, 6.45) is 1.55. The van der Waals surface area contributed by atoms with Crippen LogP contribution in [-0.2, 0) is 9.53 Å². The molecule has 8 nitrogen and oxygen atoms in total. The maximum atomic E-state index is 12.6. The largest absolute Gasteiger partial charge is 0.372 e. The van der Waals surface area contributed by atoms with Crippen molar-refractivity contribution in [3.8, 4) is 5.69 Å². The van der Waals surface area contributed by atoms with E-state index in [4.69, 9.17) is 4.74 Å². The van der Waals surface area contributed by atoms with Gasteiger partial charge in [-0.3, -0.25) is 9.59 Å². The van der Waals surface area contributed by atoms with Crippen LogP contribution in [-0.4, -0.2) is 61.6 Å². The summed E-state index contributed by atoms with van der Waals surface area (Å²) >= 11 is 1.22. The van der Waals surface area contributed by atoms with E-state index >= 15 is 0 Å². The quantitative estimate of drug-likeness (QED) is 0.520. The van der Waals surface area contributed by atoms with Crippen molar-refractivity contribution in [2.45, 2.75) is 38.1 Å². The number of nitrogens with one attached hydrogen (secondary N) is 1. The number of hydrogen-bond acceptors (Lipinski definition) is 6. The van der Waals surface area contributed by atoms with E-state index in [1.165, 1.54) is 18.0 Å². The fourth-order valence-electron chi connectivity index (χ4n) is 3.44. The number of nitrogens with zero attached hydrogens (tertiary/aromatic N) is 4. The molecular weight excluding hydrogens is 390 g/mol. The van der Waals surface area contributed by atoms with Crippen molar-refractivity contribution in [3.63, 3.8) is 0 Å². The van der Waals surface area contributed by atoms with E-state index in [1.54, 1.807) is 9.58 Å². The van der Waals surface area contributed by atoms with Crippen LogP contribution in [0.25, 0.3) is 16.7 Å². The molecule has 1 saturated heterocycles. The smallest absolute Gasteiger partial charge is 0.262 e. The summed E-state index contributed by atoms with van der Waals surface area (Å²) in [6.45, 7) is 7.08. The average molecular weight is 414 g/mol. The third-order valence-corrected chi connectivity index (χ3v) is 5.66. The number of rotatable bonds is 4. The highest BCUT2D eigenvalue weighted by Gasteiger charge is 2.26. The predicted molar refractivity (Wildman–Crippen MR) is 112 cm³/mol. The molecule has 1 amide bonds. The molecule has 0 radical (unpaired) electrons. The van der Waals surface area contributed by atoms with Crippen LogP contribution in [0, 0.1) is 6.92 Å². The van der Waals surface area contributed by atoms with Gasteiger partial charge in [0.15, 0.2) is 10.8 Å². The number of morpholine rings is 1. The maximum Gasteiger partial charge on any atom is 0.262 e. The Hall–Kier alpha value is -2.65. The normalized spacial score (nSPS) is 19.6. The molecule has 1 fully saturated rings. The summed E-state index contributed by atoms with van der Waals surface area (Å²) in [5, 5.41) is 5.13. The monoisotopic (exact) mass is 413 g/mol. The molecule has 0 aliphatic carbocycles. The molecule has 0 saturated carbocycles. The van der Waals surface area contributed by atoms with Gasteiger partial charge < -0.3 is 14.6 Å². The Balaban J connectivity index is 1.55. The SMILES string of the molecule is Cc1ccc(-n2ncc3c(=O)[nH]c(SCC(=O)N4C[C@H](C)O[C@@H](C)C4)nc32)cc1. The lowest BCUT2D eigenvalue weighted by Crippen LogP contribution is -2.48. The lowest BCUT2D eigenvalue weighted by atomic mass is 10.2. The third kappa shape index (κ3) is 4.20. The molecule has 9 heteroatoms. The van der Waals surface area contributed by atoms with Gasteiger partial charge >= 0.3 is 0 Å². The first kappa shape index (κ1) is 19.7. The zero-order valence-corrected chi connectivity index (χ0v) is 17.4. The number of ether oxygens (including phenoxy) is 1. The number of thioether (sulfide) groups is 1. The minimum atomic E-state index is -0.267. The Morgan fingerprint density at radius 1 is 1.24 bits per heavy atom. The lowest BCUT2D eigenvalue weighted by molar-refractivity contribution is -0.140. The molecule has 0 spiro atoms. The number of aromatic nitrogens is 4. The minimum absolute atomic E-state index is 0.00629. The number of benzene rings is 1. The Bertz CT molecular complexity index is 1080. The second-order valence-electron chi connectivity index (χ2n) is 7.34. The molecular formula is C20H23N5O3S. The van der Waals surface area contributed by atoms with Crippen molar-refractivity contribution in [1.29, 1.82) is 0 Å². The van der Waals surface area contributed by atoms with Crippen LogP contribution in [0.1, 0.15) is 19.4 Å². The number of carbonyl (C=O) groups excluding carboxylic acids is 1. The fraction of sp³-hybridized carbons (Fsp3) is 0.400. The molecule has 1 aliphatic heterocycles. The van der Waals surface area contributed by atoms with Gasteiger partial charge in [-0.05, 0) is 32.9 Å². The Morgan fingerprint density at radius 2 is 1.93 bits per heavy atom. The zero-order chi connectivity index (χ0) is 20.5. The van der Waals surface area contributed by atoms with E-state index in [0.717, 1.165) is 11.3 Å². The molecule has 1 N–H and O–H groups in total. The van der Waals surface area contributed by atoms with Gasteiger partial charge in [-0.15, -0.1) is 0 Å². The highest BCUT2D eigenvalue weighted by Crippen LogP contribution is 2.19. The number of H-pyrrole nitrogens is 1. The summed E-state index contributed by atoms with van der Waals surface area (Å²) in [7, 11) is 0. The number of amides is 1. The summed E-state index contributed by atoms with van der Waals surface area (Å²) in [6, 6.07) is 7.83. The molecule has 29 heavy (non-hydrogen) atoms. The standard InChI is InChI=1S/C20H23N5O3S/c1-12-4-6-15(7-5-12)25-18-16(8-21-25)19(27)23-20(22-18)29-11-17(26)24-9-13(2)28-14(3)10-24/h4-8,13-14H,9-11H2,1-3H3,(H,22,23,27)/t13-,14-/m0/s1. The Kier molecular flexibility index (Phi) is 5.42. The average Bonchev–Trinajstić information content (AvgIpc) is 3.10. The second-order valence-corrected chi connectivity index (χ2v) is 8.31. The van der Waals surface area contributed by atoms with Crippen LogP contribution in [0.2, 0.25) is 0 Å². The zero-order valence-electron chi connectivity index (χ0n) is 16.6. The molecule has 0 unspecified atom stereocenters. The molecule has 2 aromatic heterocycles. The van der Waals surface area contributed by atoms with Crippen LogP contribution < -0.4 is 5.56 Å². The van der Waals surface area contributed by atoms with Gasteiger partial charge in [0, 0.05) is 13.1 Å². The molecule has 152 valence electrons. The van der Waals surface area contributed by atoms with Crippen molar-refractivity contribution in [2.24, 2.45) is 0 Å². The molecule has 3 aromatic rings. The van der Waals surface area contributed by atoms with Crippen molar-refractivity contribution in [2.75, 3.05) is 18.8 Å². The topological polar surface area (TPSA) is 93.1 Å². The molecule has 0 bridgehead atoms. The van der Waals surface area contributed by atoms with Crippen molar-refractivity contribution in [1.82, 2.24) is 24.6 Å². The van der Waals surface area contributed by atoms with Gasteiger partial charge in [0.1, 0.15) is 5.39 Å². The number of fused-ring (bicyclic) bond motifs is 1. The summed E-state index contributed by atoms with van der Waals surface area (Å²) in [5.41, 5.74) is 2.17. The van der Waals surface area contributed by atoms with E-state index in [0.29, 0.717) is 29.3 Å². The maximum absolute atomic E-state index is 12.6. The molecule has 2 atom stereocenters. The second kappa shape index (κ2) is 8.00. The van der Waals surface area contributed by atoms with E-state index in [9.17, 15) is 9.59 Å².